The molecule has 0 unspecified atom stereocenters. The van der Waals surface area contributed by atoms with Gasteiger partial charge in [-0.2, -0.15) is 0 Å². The predicted octanol–water partition coefficient (Wildman–Crippen LogP) is 5.34. The Bertz CT molecular complexity index is 743. The monoisotopic (exact) mass is 346 g/mol. The molecule has 2 nitrogen and oxygen atoms in total. The van der Waals surface area contributed by atoms with Crippen LogP contribution in [0.5, 0.6) is 0 Å². The van der Waals surface area contributed by atoms with Gasteiger partial charge in [0.25, 0.3) is 0 Å². The van der Waals surface area contributed by atoms with Crippen LogP contribution >= 0.6 is 0 Å². The molecule has 0 aliphatic heterocycles. The zero-order valence-electron chi connectivity index (χ0n) is 16.0. The maximum Gasteiger partial charge on any atom is 0.0424 e. The minimum Gasteiger partial charge on any atom is -0.372 e. The van der Waals surface area contributed by atoms with Crippen LogP contribution in [0, 0.1) is 0 Å². The molecule has 0 radical (unpaired) electrons. The third-order valence-corrected chi connectivity index (χ3v) is 5.37. The molecule has 0 bridgehead atoms. The highest BCUT2D eigenvalue weighted by atomic mass is 15.1. The number of aryl methyl sites for hydroxylation is 3. The number of benzene rings is 2. The molecule has 0 amide bonds. The molecule has 136 valence electrons. The molecule has 2 aromatic rings. The van der Waals surface area contributed by atoms with Crippen molar-refractivity contribution >= 4 is 6.72 Å². The van der Waals surface area contributed by atoms with E-state index in [0.29, 0.717) is 0 Å². The second kappa shape index (κ2) is 9.38. The van der Waals surface area contributed by atoms with Crippen LogP contribution in [0.3, 0.4) is 0 Å². The molecule has 1 aliphatic carbocycles. The second-order valence-corrected chi connectivity index (χ2v) is 7.12. The van der Waals surface area contributed by atoms with Gasteiger partial charge < -0.3 is 4.90 Å². The molecular weight excluding hydrogens is 316 g/mol. The Morgan fingerprint density at radius 3 is 2.54 bits per heavy atom. The molecule has 26 heavy (non-hydrogen) atoms. The predicted molar refractivity (Wildman–Crippen MR) is 112 cm³/mol. The van der Waals surface area contributed by atoms with Crippen LogP contribution in [0.4, 0.5) is 0 Å². The molecular formula is C24H30N2. The average Bonchev–Trinajstić information content (AvgIpc) is 2.70. The molecule has 0 saturated carbocycles. The van der Waals surface area contributed by atoms with E-state index in [0.717, 1.165) is 25.9 Å². The van der Waals surface area contributed by atoms with Crippen LogP contribution in [0.25, 0.3) is 0 Å². The van der Waals surface area contributed by atoms with Crippen molar-refractivity contribution in [3.63, 3.8) is 0 Å². The summed E-state index contributed by atoms with van der Waals surface area (Å²) in [6.07, 6.45) is 11.3. The lowest BCUT2D eigenvalue weighted by atomic mass is 9.86. The highest BCUT2D eigenvalue weighted by molar-refractivity contribution is 5.37. The van der Waals surface area contributed by atoms with Gasteiger partial charge in [-0.3, -0.25) is 4.99 Å². The summed E-state index contributed by atoms with van der Waals surface area (Å²) in [5.74, 6) is 0. The number of nitrogens with zero attached hydrogens (tertiary/aromatic N) is 2. The fourth-order valence-electron chi connectivity index (χ4n) is 3.83. The van der Waals surface area contributed by atoms with Gasteiger partial charge in [-0.05, 0) is 80.0 Å². The molecule has 3 rings (SSSR count). The summed E-state index contributed by atoms with van der Waals surface area (Å²) >= 11 is 0. The summed E-state index contributed by atoms with van der Waals surface area (Å²) in [5, 5.41) is 0. The van der Waals surface area contributed by atoms with Gasteiger partial charge in [-0.15, -0.1) is 0 Å². The molecule has 2 heteroatoms. The zero-order chi connectivity index (χ0) is 18.2. The fourth-order valence-corrected chi connectivity index (χ4v) is 3.83. The largest absolute Gasteiger partial charge is 0.372 e. The molecule has 0 spiro atoms. The van der Waals surface area contributed by atoms with E-state index in [-0.39, 0.29) is 0 Å². The summed E-state index contributed by atoms with van der Waals surface area (Å²) in [5.41, 5.74) is 7.54. The summed E-state index contributed by atoms with van der Waals surface area (Å²) in [6.45, 7) is 7.53. The topological polar surface area (TPSA) is 15.6 Å². The van der Waals surface area contributed by atoms with E-state index in [2.05, 4.69) is 66.0 Å². The van der Waals surface area contributed by atoms with Crippen molar-refractivity contribution in [1.29, 1.82) is 0 Å². The molecule has 0 fully saturated rings. The van der Waals surface area contributed by atoms with Crippen molar-refractivity contribution in [1.82, 2.24) is 4.90 Å². The second-order valence-electron chi connectivity index (χ2n) is 7.12. The molecule has 2 aromatic carbocycles. The number of aliphatic imine (C=N–C) groups is 1. The molecule has 1 aliphatic rings. The van der Waals surface area contributed by atoms with E-state index in [1.807, 2.05) is 6.20 Å². The van der Waals surface area contributed by atoms with Crippen molar-refractivity contribution in [2.24, 2.45) is 4.99 Å². The Morgan fingerprint density at radius 1 is 1.00 bits per heavy atom. The molecule has 0 heterocycles. The molecule has 0 saturated heterocycles. The van der Waals surface area contributed by atoms with Crippen LogP contribution in [-0.4, -0.2) is 18.2 Å². The lowest BCUT2D eigenvalue weighted by Gasteiger charge is -2.19. The normalized spacial score (nSPS) is 13.6. The highest BCUT2D eigenvalue weighted by Gasteiger charge is 2.12. The van der Waals surface area contributed by atoms with Crippen LogP contribution in [0.15, 0.2) is 59.9 Å². The van der Waals surface area contributed by atoms with Gasteiger partial charge in [-0.1, -0.05) is 42.5 Å². The Hall–Kier alpha value is -2.35. The van der Waals surface area contributed by atoms with Gasteiger partial charge in [0.15, 0.2) is 0 Å². The first-order valence-corrected chi connectivity index (χ1v) is 9.84. The van der Waals surface area contributed by atoms with Crippen molar-refractivity contribution in [3.05, 3.63) is 82.7 Å². The van der Waals surface area contributed by atoms with E-state index < -0.39 is 0 Å². The van der Waals surface area contributed by atoms with Gasteiger partial charge in [-0.25, -0.2) is 0 Å². The van der Waals surface area contributed by atoms with Crippen molar-refractivity contribution in [2.75, 3.05) is 6.54 Å². The van der Waals surface area contributed by atoms with E-state index in [1.54, 1.807) is 22.9 Å². The summed E-state index contributed by atoms with van der Waals surface area (Å²) in [6, 6.07) is 16.0. The maximum absolute atomic E-state index is 3.79. The van der Waals surface area contributed by atoms with Crippen LogP contribution in [0.2, 0.25) is 0 Å². The molecule has 0 atom stereocenters. The lowest BCUT2D eigenvalue weighted by molar-refractivity contribution is 0.389. The SMILES string of the molecule is C=N/C=C\N(CC)Cc1ccc(CCc2cccc3c2CCCC3)cc1. The van der Waals surface area contributed by atoms with Gasteiger partial charge in [0.2, 0.25) is 0 Å². The minimum absolute atomic E-state index is 0.912. The maximum atomic E-state index is 3.79. The average molecular weight is 347 g/mol. The Balaban J connectivity index is 1.60. The Morgan fingerprint density at radius 2 is 1.77 bits per heavy atom. The van der Waals surface area contributed by atoms with Gasteiger partial charge in [0.05, 0.1) is 0 Å². The quantitative estimate of drug-likeness (QED) is 0.589. The van der Waals surface area contributed by atoms with E-state index >= 15 is 0 Å². The summed E-state index contributed by atoms with van der Waals surface area (Å²) < 4.78 is 0. The van der Waals surface area contributed by atoms with Gasteiger partial charge >= 0.3 is 0 Å². The fraction of sp³-hybridized carbons (Fsp3) is 0.375. The number of hydrogen-bond acceptors (Lipinski definition) is 2. The van der Waals surface area contributed by atoms with E-state index in [4.69, 9.17) is 0 Å². The number of rotatable bonds is 8. The first kappa shape index (κ1) is 18.4. The van der Waals surface area contributed by atoms with Crippen LogP contribution in [0.1, 0.15) is 47.6 Å². The van der Waals surface area contributed by atoms with Gasteiger partial charge in [0.1, 0.15) is 0 Å². The summed E-state index contributed by atoms with van der Waals surface area (Å²) in [7, 11) is 0. The van der Waals surface area contributed by atoms with Crippen molar-refractivity contribution in [3.8, 4) is 0 Å². The third kappa shape index (κ3) is 4.85. The lowest BCUT2D eigenvalue weighted by Crippen LogP contribution is -2.15. The van der Waals surface area contributed by atoms with Crippen LogP contribution < -0.4 is 0 Å². The zero-order valence-corrected chi connectivity index (χ0v) is 16.0. The third-order valence-electron chi connectivity index (χ3n) is 5.37. The minimum atomic E-state index is 0.912. The highest BCUT2D eigenvalue weighted by Crippen LogP contribution is 2.25. The molecule has 0 aromatic heterocycles. The van der Waals surface area contributed by atoms with Crippen LogP contribution in [-0.2, 0) is 32.2 Å². The first-order chi connectivity index (χ1) is 12.8. The number of fused-ring (bicyclic) bond motifs is 1. The smallest absolute Gasteiger partial charge is 0.0424 e. The summed E-state index contributed by atoms with van der Waals surface area (Å²) in [4.78, 5) is 6.03. The van der Waals surface area contributed by atoms with E-state index in [9.17, 15) is 0 Å². The standard InChI is InChI=1S/C24H30N2/c1-3-26(18-17-25-2)19-21-13-11-20(12-14-21)15-16-23-9-6-8-22-7-4-5-10-24(22)23/h6,8-9,11-14,17-18H,2-5,7,10,15-16,19H2,1H3/b18-17-. The van der Waals surface area contributed by atoms with Crippen molar-refractivity contribution in [2.45, 2.75) is 52.0 Å². The number of hydrogen-bond donors (Lipinski definition) is 0. The van der Waals surface area contributed by atoms with E-state index in [1.165, 1.54) is 36.8 Å². The Labute approximate surface area is 158 Å². The molecule has 0 N–H and O–H groups in total. The Kier molecular flexibility index (Phi) is 6.65. The first-order valence-electron chi connectivity index (χ1n) is 9.84. The van der Waals surface area contributed by atoms with Crippen molar-refractivity contribution < 1.29 is 0 Å². The van der Waals surface area contributed by atoms with Gasteiger partial charge in [0, 0.05) is 25.5 Å².